The molecule has 71 heavy (non-hydrogen) atoms. The normalized spacial score (nSPS) is 29.5. The van der Waals surface area contributed by atoms with Crippen LogP contribution < -0.4 is 20.9 Å². The van der Waals surface area contributed by atoms with E-state index < -0.39 is 35.7 Å². The van der Waals surface area contributed by atoms with Crippen molar-refractivity contribution < 1.29 is 32.3 Å². The average Bonchev–Trinajstić information content (AvgIpc) is 3.64. The quantitative estimate of drug-likeness (QED) is 0.0932. The SMILES string of the molecule is CN1CC(C2CCN(c3ccn4ncc(C(=O)Nc5cn([C@H]6CC[C@H](CN7CCC8C9NC9([C@H](F)C7)[C@H]8OCC#Cc7cccc8c(C9CCC(=O)NC9=O)nn(C)c78)CC6)nc5C(F)F)c4n3)CC2)C1. The van der Waals surface area contributed by atoms with Crippen molar-refractivity contribution in [2.45, 2.75) is 100 Å². The van der Waals surface area contributed by atoms with Gasteiger partial charge in [0.15, 0.2) is 11.3 Å². The van der Waals surface area contributed by atoms with Crippen molar-refractivity contribution in [2.24, 2.45) is 30.7 Å². The van der Waals surface area contributed by atoms with Gasteiger partial charge < -0.3 is 24.8 Å². The third-order valence-corrected chi connectivity index (χ3v) is 17.0. The number of nitrogens with one attached hydrogen (secondary N) is 3. The molecule has 0 radical (unpaired) electrons. The number of para-hydroxylation sites is 1. The summed E-state index contributed by atoms with van der Waals surface area (Å²) in [5.74, 6) is 7.45. The second-order valence-corrected chi connectivity index (χ2v) is 21.2. The fourth-order valence-electron chi connectivity index (χ4n) is 13.1. The van der Waals surface area contributed by atoms with E-state index in [4.69, 9.17) is 9.72 Å². The first-order valence-corrected chi connectivity index (χ1v) is 25.4. The standard InChI is InChI=1S/C51H60F3N13O4/c1-62-25-32(26-62)30-14-19-65(20-15-30)40-17-21-66-48(57-40)37(23-55-66)50(70)56-38-27-67(61-43(38)47(53)54)33-10-8-29(9-11-33)24-64-18-16-36-45-51(59-45,39(52)28-64)46(36)71-22-4-6-31-5-3-7-34-42(60-63(2)44(31)34)35-12-13-41(68)58-49(35)69/h3,5,7,17,21,23,27,29-30,32-33,35-36,39,45-47,59H,8-16,18-20,22,24-26,28H2,1-2H3,(H,56,70)(H,58,68,69)/t29-,33-,35?,36?,39-,45?,46+,51?/m1/s1. The number of likely N-dealkylation sites (tertiary alicyclic amines) is 1. The summed E-state index contributed by atoms with van der Waals surface area (Å²) in [6, 6.07) is 7.61. The predicted molar refractivity (Wildman–Crippen MR) is 257 cm³/mol. The Labute approximate surface area is 409 Å². The van der Waals surface area contributed by atoms with E-state index in [1.165, 1.54) is 16.9 Å². The van der Waals surface area contributed by atoms with Gasteiger partial charge >= 0.3 is 0 Å². The number of alkyl halides is 3. The zero-order chi connectivity index (χ0) is 48.7. The molecule has 5 aromatic rings. The summed E-state index contributed by atoms with van der Waals surface area (Å²) in [4.78, 5) is 49.8. The molecule has 4 unspecified atom stereocenters. The largest absolute Gasteiger partial charge is 0.363 e. The van der Waals surface area contributed by atoms with Crippen molar-refractivity contribution in [1.29, 1.82) is 0 Å². The summed E-state index contributed by atoms with van der Waals surface area (Å²) in [7, 11) is 3.98. The molecule has 2 saturated carbocycles. The van der Waals surface area contributed by atoms with Crippen molar-refractivity contribution in [2.75, 3.05) is 69.7 Å². The number of carbonyl (C=O) groups excluding carboxylic acids is 3. The minimum atomic E-state index is -2.89. The van der Waals surface area contributed by atoms with Crippen LogP contribution in [0.2, 0.25) is 0 Å². The van der Waals surface area contributed by atoms with Gasteiger partial charge in [-0.3, -0.25) is 34.4 Å². The van der Waals surface area contributed by atoms with Gasteiger partial charge in [-0.1, -0.05) is 24.0 Å². The van der Waals surface area contributed by atoms with Crippen LogP contribution in [0.3, 0.4) is 0 Å². The van der Waals surface area contributed by atoms with Gasteiger partial charge in [-0.15, -0.1) is 0 Å². The molecule has 1 spiro atoms. The number of fused-ring (bicyclic) bond motifs is 6. The summed E-state index contributed by atoms with van der Waals surface area (Å²) in [5.41, 5.74) is 1.55. The van der Waals surface area contributed by atoms with Crippen LogP contribution in [0, 0.1) is 35.5 Å². The van der Waals surface area contributed by atoms with Gasteiger partial charge in [-0.25, -0.2) is 22.7 Å². The van der Waals surface area contributed by atoms with Gasteiger partial charge in [0.25, 0.3) is 12.3 Å². The van der Waals surface area contributed by atoms with Gasteiger partial charge in [0.2, 0.25) is 11.8 Å². The van der Waals surface area contributed by atoms with Crippen LogP contribution in [-0.4, -0.2) is 145 Å². The Morgan fingerprint density at radius 2 is 1.80 bits per heavy atom. The number of halogens is 3. The Kier molecular flexibility index (Phi) is 11.9. The lowest BCUT2D eigenvalue weighted by Crippen LogP contribution is -2.63. The molecule has 6 saturated heterocycles. The highest BCUT2D eigenvalue weighted by Crippen LogP contribution is 2.57. The number of piperidine rings is 2. The first kappa shape index (κ1) is 46.2. The van der Waals surface area contributed by atoms with Crippen molar-refractivity contribution in [3.63, 3.8) is 0 Å². The number of imide groups is 1. The van der Waals surface area contributed by atoms with E-state index in [2.05, 4.69) is 64.8 Å². The van der Waals surface area contributed by atoms with E-state index in [9.17, 15) is 23.2 Å². The zero-order valence-corrected chi connectivity index (χ0v) is 40.1. The molecule has 17 nitrogen and oxygen atoms in total. The number of nitrogens with zero attached hydrogens (tertiary/aromatic N) is 10. The van der Waals surface area contributed by atoms with Crippen molar-refractivity contribution in [3.8, 4) is 11.8 Å². The molecule has 2 aliphatic carbocycles. The van der Waals surface area contributed by atoms with Crippen molar-refractivity contribution in [1.82, 2.24) is 54.6 Å². The molecular weight excluding hydrogens is 916 g/mol. The minimum Gasteiger partial charge on any atom is -0.363 e. The highest BCUT2D eigenvalue weighted by molar-refractivity contribution is 6.08. The highest BCUT2D eigenvalue weighted by Gasteiger charge is 2.78. The molecule has 20 heteroatoms. The topological polar surface area (TPSA) is 182 Å². The number of anilines is 2. The minimum absolute atomic E-state index is 0.0235. The maximum absolute atomic E-state index is 16.3. The van der Waals surface area contributed by atoms with E-state index in [0.29, 0.717) is 36.1 Å². The molecule has 3 amide bonds. The zero-order valence-electron chi connectivity index (χ0n) is 40.1. The number of amides is 3. The first-order valence-electron chi connectivity index (χ1n) is 25.4. The molecule has 10 heterocycles. The third kappa shape index (κ3) is 8.35. The number of benzene rings is 1. The van der Waals surface area contributed by atoms with E-state index in [0.717, 1.165) is 112 Å². The Bertz CT molecular complexity index is 2940. The number of hydrogen-bond donors (Lipinski definition) is 3. The highest BCUT2D eigenvalue weighted by atomic mass is 19.3. The monoisotopic (exact) mass is 975 g/mol. The van der Waals surface area contributed by atoms with E-state index in [1.54, 1.807) is 15.6 Å². The molecule has 8 fully saturated rings. The number of hydrogen-bond acceptors (Lipinski definition) is 12. The van der Waals surface area contributed by atoms with E-state index in [1.807, 2.05) is 31.3 Å². The molecule has 4 aromatic heterocycles. The molecule has 3 N–H and O–H groups in total. The van der Waals surface area contributed by atoms with Crippen LogP contribution in [-0.2, 0) is 21.4 Å². The van der Waals surface area contributed by atoms with Crippen LogP contribution in [0.15, 0.2) is 42.9 Å². The van der Waals surface area contributed by atoms with Crippen molar-refractivity contribution >= 4 is 45.8 Å². The number of carbonyl (C=O) groups is 3. The maximum Gasteiger partial charge on any atom is 0.284 e. The molecule has 374 valence electrons. The van der Waals surface area contributed by atoms with E-state index in [-0.39, 0.29) is 60.2 Å². The van der Waals surface area contributed by atoms with Crippen LogP contribution in [0.4, 0.5) is 24.7 Å². The third-order valence-electron chi connectivity index (χ3n) is 17.0. The molecule has 1 aromatic carbocycles. The Hall–Kier alpha value is -5.88. The molecule has 6 atom stereocenters. The van der Waals surface area contributed by atoms with Crippen LogP contribution >= 0.6 is 0 Å². The second kappa shape index (κ2) is 18.3. The predicted octanol–water partition coefficient (Wildman–Crippen LogP) is 4.85. The summed E-state index contributed by atoms with van der Waals surface area (Å²) >= 11 is 0. The average molecular weight is 976 g/mol. The molecule has 8 aliphatic rings. The van der Waals surface area contributed by atoms with Gasteiger partial charge in [0.05, 0.1) is 52.3 Å². The Morgan fingerprint density at radius 1 is 0.986 bits per heavy atom. The first-order chi connectivity index (χ1) is 34.4. The lowest BCUT2D eigenvalue weighted by Gasteiger charge is -2.47. The summed E-state index contributed by atoms with van der Waals surface area (Å²) in [6.45, 7) is 6.07. The molecule has 6 aliphatic heterocycles. The van der Waals surface area contributed by atoms with Crippen LogP contribution in [0.5, 0.6) is 0 Å². The fraction of sp³-hybridized carbons (Fsp3) is 0.588. The number of aromatic nitrogens is 7. The van der Waals surface area contributed by atoms with Gasteiger partial charge in [0, 0.05) is 82.5 Å². The molecule has 13 rings (SSSR count). The van der Waals surface area contributed by atoms with Gasteiger partial charge in [-0.05, 0) is 94.8 Å². The Morgan fingerprint density at radius 3 is 2.58 bits per heavy atom. The smallest absolute Gasteiger partial charge is 0.284 e. The maximum atomic E-state index is 16.3. The second-order valence-electron chi connectivity index (χ2n) is 21.2. The Balaban J connectivity index is 0.635. The molecule has 2 bridgehead atoms. The summed E-state index contributed by atoms with van der Waals surface area (Å²) in [6.07, 6.45) is 7.37. The van der Waals surface area contributed by atoms with Gasteiger partial charge in [-0.2, -0.15) is 15.3 Å². The summed E-state index contributed by atoms with van der Waals surface area (Å²) in [5, 5.41) is 22.7. The lowest BCUT2D eigenvalue weighted by molar-refractivity contribution is -0.134. The number of rotatable bonds is 11. The fourth-order valence-corrected chi connectivity index (χ4v) is 13.1. The van der Waals surface area contributed by atoms with Crippen LogP contribution in [0.1, 0.15) is 103 Å². The lowest BCUT2D eigenvalue weighted by atomic mass is 9.66. The number of ether oxygens (including phenoxy) is 1. The van der Waals surface area contributed by atoms with Gasteiger partial charge in [0.1, 0.15) is 24.2 Å². The number of aryl methyl sites for hydroxylation is 1. The summed E-state index contributed by atoms with van der Waals surface area (Å²) < 4.78 is 56.5. The van der Waals surface area contributed by atoms with E-state index >= 15 is 4.39 Å². The molecular formula is C51H60F3N13O4. The van der Waals surface area contributed by atoms with Crippen LogP contribution in [0.25, 0.3) is 16.6 Å². The van der Waals surface area contributed by atoms with Crippen molar-refractivity contribution in [3.05, 3.63) is 65.4 Å².